The van der Waals surface area contributed by atoms with Gasteiger partial charge in [-0.2, -0.15) is 0 Å². The molecule has 162 valence electrons. The van der Waals surface area contributed by atoms with Crippen LogP contribution in [0.5, 0.6) is 0 Å². The third-order valence-electron chi connectivity index (χ3n) is 9.97. The molecular weight excluding hydrogens is 366 g/mol. The number of fused-ring (bicyclic) bond motifs is 5. The number of hydrogen-bond donors (Lipinski definition) is 0. The van der Waals surface area contributed by atoms with Crippen molar-refractivity contribution in [2.45, 2.75) is 71.6 Å². The molecule has 0 amide bonds. The predicted octanol–water partition coefficient (Wildman–Crippen LogP) is 6.75. The number of anilines is 1. The molecule has 0 bridgehead atoms. The van der Waals surface area contributed by atoms with Crippen LogP contribution >= 0.6 is 0 Å². The van der Waals surface area contributed by atoms with E-state index in [1.807, 2.05) is 0 Å². The summed E-state index contributed by atoms with van der Waals surface area (Å²) in [5.74, 6) is 3.57. The van der Waals surface area contributed by atoms with Gasteiger partial charge in [0.1, 0.15) is 0 Å². The van der Waals surface area contributed by atoms with Gasteiger partial charge >= 0.3 is 0 Å². The molecule has 0 spiro atoms. The maximum absolute atomic E-state index is 13.6. The Labute approximate surface area is 183 Å². The maximum Gasteiger partial charge on any atom is 0.165 e. The van der Waals surface area contributed by atoms with Crippen LogP contribution in [0, 0.1) is 34.5 Å². The number of benzene rings is 1. The van der Waals surface area contributed by atoms with E-state index in [4.69, 9.17) is 0 Å². The van der Waals surface area contributed by atoms with Gasteiger partial charge in [-0.3, -0.25) is 4.79 Å². The molecule has 0 saturated heterocycles. The van der Waals surface area contributed by atoms with Crippen molar-refractivity contribution in [3.8, 4) is 0 Å². The van der Waals surface area contributed by atoms with Crippen molar-refractivity contribution >= 4 is 17.5 Å². The largest absolute Gasteiger partial charge is 0.378 e. The summed E-state index contributed by atoms with van der Waals surface area (Å²) >= 11 is 0. The van der Waals surface area contributed by atoms with Gasteiger partial charge in [0.25, 0.3) is 0 Å². The van der Waals surface area contributed by atoms with Crippen LogP contribution in [0.15, 0.2) is 29.8 Å². The smallest absolute Gasteiger partial charge is 0.165 e. The molecule has 0 heterocycles. The standard InChI is InChI=1S/C28H39NO/c1-27-15-6-5-7-21(27)10-13-23-24(27)14-16-28(2)25(23)18-20(26(28)30)17-19-8-11-22(12-9-19)29(3)4/h8-9,11-12,17,21,23-25H,5-7,10,13-16,18H2,1-4H3/b20-17+/t21-,23+,24-,25-,27-,28-/m0/s1. The Hall–Kier alpha value is -1.57. The molecule has 6 atom stereocenters. The molecule has 4 aliphatic carbocycles. The fourth-order valence-corrected chi connectivity index (χ4v) is 8.16. The molecule has 0 radical (unpaired) electrons. The summed E-state index contributed by atoms with van der Waals surface area (Å²) in [4.78, 5) is 15.7. The van der Waals surface area contributed by atoms with Gasteiger partial charge in [-0.15, -0.1) is 0 Å². The molecule has 2 heteroatoms. The third-order valence-corrected chi connectivity index (χ3v) is 9.97. The molecule has 1 aromatic rings. The van der Waals surface area contributed by atoms with Crippen LogP contribution in [0.3, 0.4) is 0 Å². The molecule has 4 fully saturated rings. The lowest BCUT2D eigenvalue weighted by atomic mass is 9.45. The van der Waals surface area contributed by atoms with Crippen LogP contribution < -0.4 is 4.90 Å². The van der Waals surface area contributed by atoms with Gasteiger partial charge in [-0.05, 0) is 103 Å². The second kappa shape index (κ2) is 7.24. The van der Waals surface area contributed by atoms with Gasteiger partial charge in [-0.1, -0.05) is 38.8 Å². The summed E-state index contributed by atoms with van der Waals surface area (Å²) in [5, 5.41) is 0. The maximum atomic E-state index is 13.6. The molecule has 2 nitrogen and oxygen atoms in total. The molecule has 30 heavy (non-hydrogen) atoms. The van der Waals surface area contributed by atoms with Crippen molar-refractivity contribution in [2.24, 2.45) is 34.5 Å². The minimum Gasteiger partial charge on any atom is -0.378 e. The lowest BCUT2D eigenvalue weighted by Crippen LogP contribution is -2.52. The lowest BCUT2D eigenvalue weighted by Gasteiger charge is -2.59. The highest BCUT2D eigenvalue weighted by molar-refractivity contribution is 6.06. The van der Waals surface area contributed by atoms with Gasteiger partial charge in [-0.25, -0.2) is 0 Å². The molecular formula is C28H39NO. The zero-order valence-electron chi connectivity index (χ0n) is 19.4. The van der Waals surface area contributed by atoms with Crippen molar-refractivity contribution in [1.29, 1.82) is 0 Å². The van der Waals surface area contributed by atoms with Crippen LogP contribution in [0.1, 0.15) is 77.2 Å². The first-order valence-corrected chi connectivity index (χ1v) is 12.4. The van der Waals surface area contributed by atoms with Crippen LogP contribution in [-0.4, -0.2) is 19.9 Å². The van der Waals surface area contributed by atoms with Gasteiger partial charge < -0.3 is 4.90 Å². The van der Waals surface area contributed by atoms with E-state index in [9.17, 15) is 4.79 Å². The molecule has 0 aromatic heterocycles. The Bertz CT molecular complexity index is 852. The topological polar surface area (TPSA) is 20.3 Å². The van der Waals surface area contributed by atoms with Crippen LogP contribution in [-0.2, 0) is 4.79 Å². The zero-order chi connectivity index (χ0) is 21.1. The number of nitrogens with zero attached hydrogens (tertiary/aromatic N) is 1. The number of ketones is 1. The summed E-state index contributed by atoms with van der Waals surface area (Å²) in [7, 11) is 4.13. The number of Topliss-reactive ketones (excluding diaryl/α,β-unsaturated/α-hetero) is 1. The number of carbonyl (C=O) groups excluding carboxylic acids is 1. The Morgan fingerprint density at radius 3 is 2.43 bits per heavy atom. The highest BCUT2D eigenvalue weighted by atomic mass is 16.1. The lowest BCUT2D eigenvalue weighted by molar-refractivity contribution is -0.137. The summed E-state index contributed by atoms with van der Waals surface area (Å²) in [6, 6.07) is 8.64. The van der Waals surface area contributed by atoms with E-state index in [0.29, 0.717) is 17.1 Å². The average Bonchev–Trinajstić information content (AvgIpc) is 2.98. The van der Waals surface area contributed by atoms with E-state index in [-0.39, 0.29) is 5.41 Å². The van der Waals surface area contributed by atoms with E-state index < -0.39 is 0 Å². The first-order valence-electron chi connectivity index (χ1n) is 12.4. The van der Waals surface area contributed by atoms with Crippen LogP contribution in [0.4, 0.5) is 5.69 Å². The Morgan fingerprint density at radius 2 is 1.70 bits per heavy atom. The Morgan fingerprint density at radius 1 is 0.933 bits per heavy atom. The SMILES string of the molecule is CN(C)c1ccc(/C=C2\C[C@H]3[C@@H]4CC[C@@H]5CCCC[C@]5(C)[C@H]4CC[C@]3(C)C2=O)cc1. The first kappa shape index (κ1) is 20.3. The van der Waals surface area contributed by atoms with E-state index in [1.165, 1.54) is 56.2 Å². The average molecular weight is 406 g/mol. The Balaban J connectivity index is 1.42. The molecule has 4 aliphatic rings. The molecule has 0 unspecified atom stereocenters. The highest BCUT2D eigenvalue weighted by Crippen LogP contribution is 2.66. The van der Waals surface area contributed by atoms with Gasteiger partial charge in [0.05, 0.1) is 0 Å². The van der Waals surface area contributed by atoms with Crippen LogP contribution in [0.2, 0.25) is 0 Å². The fourth-order valence-electron chi connectivity index (χ4n) is 8.16. The number of allylic oxidation sites excluding steroid dienone is 1. The first-order chi connectivity index (χ1) is 14.3. The molecule has 0 N–H and O–H groups in total. The normalized spacial score (nSPS) is 41.9. The minimum atomic E-state index is -0.117. The molecule has 1 aromatic carbocycles. The number of hydrogen-bond acceptors (Lipinski definition) is 2. The monoisotopic (exact) mass is 405 g/mol. The van der Waals surface area contributed by atoms with Crippen molar-refractivity contribution in [1.82, 2.24) is 0 Å². The highest BCUT2D eigenvalue weighted by Gasteiger charge is 2.60. The molecule has 4 saturated carbocycles. The van der Waals surface area contributed by atoms with Gasteiger partial charge in [0.15, 0.2) is 5.78 Å². The molecule has 5 rings (SSSR count). The number of carbonyl (C=O) groups is 1. The van der Waals surface area contributed by atoms with E-state index in [0.717, 1.165) is 36.2 Å². The second-order valence-electron chi connectivity index (χ2n) is 11.5. The van der Waals surface area contributed by atoms with E-state index in [1.54, 1.807) is 0 Å². The summed E-state index contributed by atoms with van der Waals surface area (Å²) in [5.41, 5.74) is 3.90. The predicted molar refractivity (Wildman–Crippen MR) is 125 cm³/mol. The minimum absolute atomic E-state index is 0.117. The van der Waals surface area contributed by atoms with Crippen molar-refractivity contribution in [3.63, 3.8) is 0 Å². The third kappa shape index (κ3) is 3.00. The second-order valence-corrected chi connectivity index (χ2v) is 11.5. The summed E-state index contributed by atoms with van der Waals surface area (Å²) in [6.07, 6.45) is 14.1. The molecule has 0 aliphatic heterocycles. The summed E-state index contributed by atoms with van der Waals surface area (Å²) in [6.45, 7) is 4.93. The number of rotatable bonds is 2. The van der Waals surface area contributed by atoms with Crippen LogP contribution in [0.25, 0.3) is 6.08 Å². The van der Waals surface area contributed by atoms with Gasteiger partial charge in [0, 0.05) is 25.2 Å². The fraction of sp³-hybridized carbons (Fsp3) is 0.679. The van der Waals surface area contributed by atoms with E-state index in [2.05, 4.69) is 63.2 Å². The quantitative estimate of drug-likeness (QED) is 0.507. The summed E-state index contributed by atoms with van der Waals surface area (Å²) < 4.78 is 0. The van der Waals surface area contributed by atoms with Crippen molar-refractivity contribution in [3.05, 3.63) is 35.4 Å². The van der Waals surface area contributed by atoms with Crippen molar-refractivity contribution in [2.75, 3.05) is 19.0 Å². The van der Waals surface area contributed by atoms with E-state index >= 15 is 0 Å². The Kier molecular flexibility index (Phi) is 4.91. The van der Waals surface area contributed by atoms with Crippen molar-refractivity contribution < 1.29 is 4.79 Å². The zero-order valence-corrected chi connectivity index (χ0v) is 19.4. The van der Waals surface area contributed by atoms with Gasteiger partial charge in [0.2, 0.25) is 0 Å².